The first-order valence-electron chi connectivity index (χ1n) is 8.27. The van der Waals surface area contributed by atoms with Crippen LogP contribution in [0.4, 0.5) is 0 Å². The van der Waals surface area contributed by atoms with Gasteiger partial charge in [-0.3, -0.25) is 0 Å². The number of unbranched alkanes of at least 4 members (excludes halogenated alkanes) is 4. The molecule has 0 saturated carbocycles. The second kappa shape index (κ2) is 13.2. The van der Waals surface area contributed by atoms with Gasteiger partial charge in [-0.2, -0.15) is 0 Å². The average Bonchev–Trinajstić information content (AvgIpc) is 2.49. The summed E-state index contributed by atoms with van der Waals surface area (Å²) in [5.41, 5.74) is 0. The molecule has 1 saturated heterocycles. The van der Waals surface area contributed by atoms with Gasteiger partial charge in [-0.05, 0) is 44.9 Å². The molecule has 20 heavy (non-hydrogen) atoms. The lowest BCUT2D eigenvalue weighted by molar-refractivity contribution is -0.162. The van der Waals surface area contributed by atoms with E-state index in [2.05, 4.69) is 30.9 Å². The van der Waals surface area contributed by atoms with E-state index in [0.29, 0.717) is 0 Å². The Kier molecular flexibility index (Phi) is 11.4. The molecule has 0 radical (unpaired) electrons. The lowest BCUT2D eigenvalue weighted by Crippen LogP contribution is -2.22. The Labute approximate surface area is 124 Å². The van der Waals surface area contributed by atoms with Crippen molar-refractivity contribution < 1.29 is 9.47 Å². The van der Waals surface area contributed by atoms with E-state index in [0.717, 1.165) is 51.7 Å². The minimum Gasteiger partial charge on any atom is -0.353 e. The van der Waals surface area contributed by atoms with E-state index in [1.54, 1.807) is 0 Å². The Morgan fingerprint density at radius 1 is 1.10 bits per heavy atom. The lowest BCUT2D eigenvalue weighted by atomic mass is 10.2. The third kappa shape index (κ3) is 10.1. The Bertz CT molecular complexity index is 292. The minimum absolute atomic E-state index is 0.0599. The van der Waals surface area contributed by atoms with Gasteiger partial charge < -0.3 is 9.47 Å². The molecule has 0 aromatic rings. The van der Waals surface area contributed by atoms with Crippen LogP contribution in [0.15, 0.2) is 12.2 Å². The molecule has 1 aliphatic heterocycles. The van der Waals surface area contributed by atoms with Crippen LogP contribution in [0.1, 0.15) is 71.1 Å². The molecule has 1 heterocycles. The van der Waals surface area contributed by atoms with Crippen molar-refractivity contribution in [2.75, 3.05) is 13.2 Å². The van der Waals surface area contributed by atoms with Gasteiger partial charge in [0.05, 0.1) is 0 Å². The van der Waals surface area contributed by atoms with Crippen molar-refractivity contribution in [3.05, 3.63) is 12.2 Å². The van der Waals surface area contributed by atoms with E-state index in [1.807, 2.05) is 0 Å². The second-order valence-corrected chi connectivity index (χ2v) is 5.28. The molecule has 0 aliphatic carbocycles. The van der Waals surface area contributed by atoms with E-state index in [-0.39, 0.29) is 6.29 Å². The largest absolute Gasteiger partial charge is 0.353 e. The highest BCUT2D eigenvalue weighted by molar-refractivity contribution is 5.00. The summed E-state index contributed by atoms with van der Waals surface area (Å²) in [6.07, 6.45) is 15.8. The molecule has 114 valence electrons. The molecule has 0 N–H and O–H groups in total. The van der Waals surface area contributed by atoms with Crippen LogP contribution in [0.25, 0.3) is 0 Å². The molecular weight excluding hydrogens is 248 g/mol. The molecule has 0 bridgehead atoms. The summed E-state index contributed by atoms with van der Waals surface area (Å²) in [4.78, 5) is 0. The Hall–Kier alpha value is -0.780. The summed E-state index contributed by atoms with van der Waals surface area (Å²) in [7, 11) is 0. The third-order valence-corrected chi connectivity index (χ3v) is 3.32. The normalized spacial score (nSPS) is 18.9. The molecule has 2 heteroatoms. The van der Waals surface area contributed by atoms with Crippen molar-refractivity contribution in [1.82, 2.24) is 0 Å². The van der Waals surface area contributed by atoms with Crippen molar-refractivity contribution in [2.45, 2.75) is 77.4 Å². The number of rotatable bonds is 9. The number of hydrogen-bond acceptors (Lipinski definition) is 2. The highest BCUT2D eigenvalue weighted by Gasteiger charge is 2.12. The fourth-order valence-electron chi connectivity index (χ4n) is 2.11. The highest BCUT2D eigenvalue weighted by Crippen LogP contribution is 2.14. The van der Waals surface area contributed by atoms with Gasteiger partial charge in [0.25, 0.3) is 0 Å². The van der Waals surface area contributed by atoms with Crippen LogP contribution in [-0.4, -0.2) is 19.5 Å². The molecule has 1 atom stereocenters. The SMILES string of the molecule is CCC/C=C/CCC#CCCCCO[C@H]1CCCCO1. The topological polar surface area (TPSA) is 18.5 Å². The van der Waals surface area contributed by atoms with E-state index < -0.39 is 0 Å². The quantitative estimate of drug-likeness (QED) is 0.341. The smallest absolute Gasteiger partial charge is 0.157 e. The van der Waals surface area contributed by atoms with Gasteiger partial charge in [0.15, 0.2) is 6.29 Å². The Balaban J connectivity index is 1.84. The number of hydrogen-bond donors (Lipinski definition) is 0. The molecule has 1 rings (SSSR count). The van der Waals surface area contributed by atoms with Crippen molar-refractivity contribution in [3.8, 4) is 11.8 Å². The first kappa shape index (κ1) is 17.3. The van der Waals surface area contributed by atoms with Crippen LogP contribution in [-0.2, 0) is 9.47 Å². The monoisotopic (exact) mass is 278 g/mol. The van der Waals surface area contributed by atoms with E-state index in [4.69, 9.17) is 9.47 Å². The van der Waals surface area contributed by atoms with Crippen LogP contribution < -0.4 is 0 Å². The first-order valence-corrected chi connectivity index (χ1v) is 8.27. The lowest BCUT2D eigenvalue weighted by Gasteiger charge is -2.22. The van der Waals surface area contributed by atoms with E-state index in [9.17, 15) is 0 Å². The highest BCUT2D eigenvalue weighted by atomic mass is 16.7. The third-order valence-electron chi connectivity index (χ3n) is 3.32. The Morgan fingerprint density at radius 2 is 1.95 bits per heavy atom. The van der Waals surface area contributed by atoms with Gasteiger partial charge >= 0.3 is 0 Å². The van der Waals surface area contributed by atoms with Gasteiger partial charge in [-0.1, -0.05) is 25.5 Å². The average molecular weight is 278 g/mol. The maximum Gasteiger partial charge on any atom is 0.157 e. The summed E-state index contributed by atoms with van der Waals surface area (Å²) in [5.74, 6) is 6.48. The molecule has 0 unspecified atom stereocenters. The van der Waals surface area contributed by atoms with Crippen molar-refractivity contribution in [2.24, 2.45) is 0 Å². The summed E-state index contributed by atoms with van der Waals surface area (Å²) in [6, 6.07) is 0. The summed E-state index contributed by atoms with van der Waals surface area (Å²) >= 11 is 0. The molecular formula is C18H30O2. The molecule has 1 fully saturated rings. The summed E-state index contributed by atoms with van der Waals surface area (Å²) in [6.45, 7) is 3.88. The van der Waals surface area contributed by atoms with Crippen LogP contribution in [0.3, 0.4) is 0 Å². The van der Waals surface area contributed by atoms with Gasteiger partial charge in [0, 0.05) is 26.1 Å². The standard InChI is InChI=1S/C18H30O2/c1-2-3-4-5-6-7-8-9-10-11-13-16-19-18-15-12-14-17-20-18/h4-5,18H,2-3,6-7,10-17H2,1H3/b5-4+/t18-/m1/s1. The van der Waals surface area contributed by atoms with Crippen LogP contribution in [0, 0.1) is 11.8 Å². The maximum atomic E-state index is 5.69. The molecule has 0 amide bonds. The van der Waals surface area contributed by atoms with Crippen LogP contribution in [0.5, 0.6) is 0 Å². The molecule has 2 nitrogen and oxygen atoms in total. The predicted octanol–water partition coefficient (Wildman–Crippen LogP) is 4.84. The van der Waals surface area contributed by atoms with Gasteiger partial charge in [0.2, 0.25) is 0 Å². The number of allylic oxidation sites excluding steroid dienone is 2. The van der Waals surface area contributed by atoms with Gasteiger partial charge in [-0.15, -0.1) is 11.8 Å². The zero-order valence-corrected chi connectivity index (χ0v) is 13.0. The summed E-state index contributed by atoms with van der Waals surface area (Å²) in [5, 5.41) is 0. The molecule has 0 aromatic heterocycles. The van der Waals surface area contributed by atoms with Crippen molar-refractivity contribution >= 4 is 0 Å². The molecule has 0 aromatic carbocycles. The number of ether oxygens (including phenoxy) is 2. The molecule has 1 aliphatic rings. The zero-order chi connectivity index (χ0) is 14.3. The maximum absolute atomic E-state index is 5.69. The minimum atomic E-state index is 0.0599. The first-order chi connectivity index (χ1) is 9.93. The van der Waals surface area contributed by atoms with Crippen LogP contribution >= 0.6 is 0 Å². The predicted molar refractivity (Wildman–Crippen MR) is 84.5 cm³/mol. The fraction of sp³-hybridized carbons (Fsp3) is 0.778. The van der Waals surface area contributed by atoms with Gasteiger partial charge in [-0.25, -0.2) is 0 Å². The van der Waals surface area contributed by atoms with Crippen LogP contribution in [0.2, 0.25) is 0 Å². The van der Waals surface area contributed by atoms with Gasteiger partial charge in [0.1, 0.15) is 0 Å². The van der Waals surface area contributed by atoms with Crippen molar-refractivity contribution in [1.29, 1.82) is 0 Å². The zero-order valence-electron chi connectivity index (χ0n) is 13.0. The molecule has 0 spiro atoms. The van der Waals surface area contributed by atoms with E-state index in [1.165, 1.54) is 25.7 Å². The summed E-state index contributed by atoms with van der Waals surface area (Å²) < 4.78 is 11.2. The second-order valence-electron chi connectivity index (χ2n) is 5.28. The Morgan fingerprint density at radius 3 is 2.75 bits per heavy atom. The van der Waals surface area contributed by atoms with Crippen molar-refractivity contribution in [3.63, 3.8) is 0 Å². The van der Waals surface area contributed by atoms with E-state index >= 15 is 0 Å². The fourth-order valence-corrected chi connectivity index (χ4v) is 2.11.